The normalized spacial score (nSPS) is 14.4. The maximum absolute atomic E-state index is 5.88. The molecule has 0 N–H and O–H groups in total. The van der Waals surface area contributed by atoms with Gasteiger partial charge in [0, 0.05) is 17.9 Å². The van der Waals surface area contributed by atoms with Crippen LogP contribution in [0.15, 0.2) is 43.0 Å². The highest BCUT2D eigenvalue weighted by molar-refractivity contribution is 6.18. The highest BCUT2D eigenvalue weighted by Crippen LogP contribution is 2.24. The zero-order chi connectivity index (χ0) is 11.9. The van der Waals surface area contributed by atoms with Gasteiger partial charge in [-0.3, -0.25) is 0 Å². The van der Waals surface area contributed by atoms with Crippen LogP contribution in [-0.2, 0) is 11.3 Å². The monoisotopic (exact) mass is 238 g/mol. The maximum atomic E-state index is 5.88. The van der Waals surface area contributed by atoms with Crippen LogP contribution in [0.5, 0.6) is 0 Å². The Hall–Kier alpha value is -0.790. The summed E-state index contributed by atoms with van der Waals surface area (Å²) in [5, 5.41) is 0. The third kappa shape index (κ3) is 4.38. The minimum Gasteiger partial charge on any atom is -0.377 e. The summed E-state index contributed by atoms with van der Waals surface area (Å²) in [5.41, 5.74) is 1.19. The second-order valence-electron chi connectivity index (χ2n) is 4.28. The van der Waals surface area contributed by atoms with Gasteiger partial charge in [0.25, 0.3) is 0 Å². The largest absolute Gasteiger partial charge is 0.377 e. The van der Waals surface area contributed by atoms with Crippen molar-refractivity contribution in [2.75, 3.05) is 12.5 Å². The molecule has 0 spiro atoms. The number of ether oxygens (including phenoxy) is 1. The van der Waals surface area contributed by atoms with E-state index in [-0.39, 0.29) is 5.41 Å². The lowest BCUT2D eigenvalue weighted by molar-refractivity contribution is 0.102. The topological polar surface area (TPSA) is 9.23 Å². The van der Waals surface area contributed by atoms with Crippen LogP contribution in [0.1, 0.15) is 18.9 Å². The number of halogens is 1. The average Bonchev–Trinajstić information content (AvgIpc) is 2.36. The fourth-order valence-corrected chi connectivity index (χ4v) is 1.54. The molecular weight excluding hydrogens is 220 g/mol. The summed E-state index contributed by atoms with van der Waals surface area (Å²) in [7, 11) is 0. The molecule has 1 aromatic carbocycles. The van der Waals surface area contributed by atoms with Crippen molar-refractivity contribution in [2.24, 2.45) is 5.41 Å². The molecule has 1 nitrogen and oxygen atoms in total. The van der Waals surface area contributed by atoms with Crippen molar-refractivity contribution in [3.05, 3.63) is 48.6 Å². The van der Waals surface area contributed by atoms with Crippen LogP contribution >= 0.6 is 11.6 Å². The fraction of sp³-hybridized carbons (Fsp3) is 0.429. The van der Waals surface area contributed by atoms with E-state index in [4.69, 9.17) is 16.3 Å². The zero-order valence-electron chi connectivity index (χ0n) is 9.79. The molecule has 0 saturated heterocycles. The van der Waals surface area contributed by atoms with E-state index in [1.807, 2.05) is 24.3 Å². The summed E-state index contributed by atoms with van der Waals surface area (Å²) < 4.78 is 5.61. The molecule has 0 aromatic heterocycles. The van der Waals surface area contributed by atoms with Gasteiger partial charge >= 0.3 is 0 Å². The van der Waals surface area contributed by atoms with Gasteiger partial charge in [0.1, 0.15) is 0 Å². The smallest absolute Gasteiger partial charge is 0.0716 e. The number of hydrogen-bond acceptors (Lipinski definition) is 1. The number of hydrogen-bond donors (Lipinski definition) is 0. The van der Waals surface area contributed by atoms with Crippen LogP contribution in [0, 0.1) is 5.41 Å². The highest BCUT2D eigenvalue weighted by Gasteiger charge is 2.18. The third-order valence-electron chi connectivity index (χ3n) is 2.73. The van der Waals surface area contributed by atoms with Gasteiger partial charge in [-0.2, -0.15) is 0 Å². The Labute approximate surface area is 103 Å². The molecule has 0 aliphatic carbocycles. The van der Waals surface area contributed by atoms with Crippen LogP contribution in [0.2, 0.25) is 0 Å². The zero-order valence-corrected chi connectivity index (χ0v) is 10.5. The van der Waals surface area contributed by atoms with Crippen LogP contribution in [0.4, 0.5) is 0 Å². The molecule has 1 aromatic rings. The van der Waals surface area contributed by atoms with E-state index < -0.39 is 0 Å². The number of alkyl halides is 1. The van der Waals surface area contributed by atoms with Gasteiger partial charge in [-0.05, 0) is 12.0 Å². The summed E-state index contributed by atoms with van der Waals surface area (Å²) in [4.78, 5) is 0. The fourth-order valence-electron chi connectivity index (χ4n) is 1.29. The molecular formula is C14H19ClO. The van der Waals surface area contributed by atoms with E-state index >= 15 is 0 Å². The van der Waals surface area contributed by atoms with Crippen LogP contribution < -0.4 is 0 Å². The molecule has 0 amide bonds. The second-order valence-corrected chi connectivity index (χ2v) is 4.55. The van der Waals surface area contributed by atoms with Crippen LogP contribution in [0.25, 0.3) is 0 Å². The summed E-state index contributed by atoms with van der Waals surface area (Å²) in [6, 6.07) is 10.2. The molecule has 1 atom stereocenters. The van der Waals surface area contributed by atoms with Crippen molar-refractivity contribution in [3.63, 3.8) is 0 Å². The highest BCUT2D eigenvalue weighted by atomic mass is 35.5. The van der Waals surface area contributed by atoms with Crippen molar-refractivity contribution in [1.29, 1.82) is 0 Å². The molecule has 0 aliphatic rings. The van der Waals surface area contributed by atoms with E-state index in [1.165, 1.54) is 5.56 Å². The van der Waals surface area contributed by atoms with E-state index in [2.05, 4.69) is 25.6 Å². The number of rotatable bonds is 7. The predicted molar refractivity (Wildman–Crippen MR) is 69.7 cm³/mol. The van der Waals surface area contributed by atoms with E-state index in [0.29, 0.717) is 19.1 Å². The molecule has 1 unspecified atom stereocenters. The van der Waals surface area contributed by atoms with Gasteiger partial charge < -0.3 is 4.74 Å². The molecule has 0 radical (unpaired) electrons. The molecule has 0 bridgehead atoms. The number of benzene rings is 1. The Bertz CT molecular complexity index is 310. The van der Waals surface area contributed by atoms with Crippen molar-refractivity contribution < 1.29 is 4.74 Å². The first-order valence-electron chi connectivity index (χ1n) is 5.51. The first-order chi connectivity index (χ1) is 7.70. The molecule has 0 heterocycles. The average molecular weight is 239 g/mol. The minimum atomic E-state index is -0.0156. The molecule has 0 aliphatic heterocycles. The molecule has 88 valence electrons. The van der Waals surface area contributed by atoms with Crippen molar-refractivity contribution in [1.82, 2.24) is 0 Å². The van der Waals surface area contributed by atoms with Crippen LogP contribution in [0.3, 0.4) is 0 Å². The summed E-state index contributed by atoms with van der Waals surface area (Å²) >= 11 is 5.88. The van der Waals surface area contributed by atoms with Gasteiger partial charge in [-0.25, -0.2) is 0 Å². The summed E-state index contributed by atoms with van der Waals surface area (Å²) in [6.45, 7) is 7.27. The van der Waals surface area contributed by atoms with Crippen molar-refractivity contribution >= 4 is 11.6 Å². The minimum absolute atomic E-state index is 0.0156. The summed E-state index contributed by atoms with van der Waals surface area (Å²) in [6.07, 6.45) is 2.82. The predicted octanol–water partition coefficient (Wildman–Crippen LogP) is 4.02. The van der Waals surface area contributed by atoms with E-state index in [0.717, 1.165) is 6.42 Å². The first-order valence-corrected chi connectivity index (χ1v) is 6.05. The van der Waals surface area contributed by atoms with Gasteiger partial charge in [-0.15, -0.1) is 18.2 Å². The standard InChI is InChI=1S/C14H19ClO/c1-3-14(2,12-15)9-10-16-11-13-7-5-4-6-8-13/h3-8H,1,9-12H2,2H3. The van der Waals surface area contributed by atoms with E-state index in [9.17, 15) is 0 Å². The molecule has 16 heavy (non-hydrogen) atoms. The van der Waals surface area contributed by atoms with E-state index in [1.54, 1.807) is 0 Å². The Morgan fingerprint density at radius 1 is 1.38 bits per heavy atom. The van der Waals surface area contributed by atoms with Gasteiger partial charge in [0.05, 0.1) is 6.61 Å². The molecule has 0 saturated carbocycles. The van der Waals surface area contributed by atoms with Gasteiger partial charge in [0.2, 0.25) is 0 Å². The maximum Gasteiger partial charge on any atom is 0.0716 e. The van der Waals surface area contributed by atoms with Gasteiger partial charge in [0.15, 0.2) is 0 Å². The Morgan fingerprint density at radius 2 is 2.06 bits per heavy atom. The molecule has 1 rings (SSSR count). The van der Waals surface area contributed by atoms with Gasteiger partial charge in [-0.1, -0.05) is 43.3 Å². The second kappa shape index (κ2) is 6.72. The first kappa shape index (κ1) is 13.3. The van der Waals surface area contributed by atoms with Crippen molar-refractivity contribution in [2.45, 2.75) is 20.0 Å². The Balaban J connectivity index is 2.24. The quantitative estimate of drug-likeness (QED) is 0.396. The number of allylic oxidation sites excluding steroid dienone is 1. The lowest BCUT2D eigenvalue weighted by Crippen LogP contribution is -2.17. The Morgan fingerprint density at radius 3 is 2.62 bits per heavy atom. The summed E-state index contributed by atoms with van der Waals surface area (Å²) in [5.74, 6) is 0.588. The SMILES string of the molecule is C=CC(C)(CCl)CCOCc1ccccc1. The lowest BCUT2D eigenvalue weighted by atomic mass is 9.90. The third-order valence-corrected chi connectivity index (χ3v) is 3.34. The lowest BCUT2D eigenvalue weighted by Gasteiger charge is -2.22. The van der Waals surface area contributed by atoms with Crippen molar-refractivity contribution in [3.8, 4) is 0 Å². The molecule has 2 heteroatoms. The Kier molecular flexibility index (Phi) is 5.58. The molecule has 0 fully saturated rings. The van der Waals surface area contributed by atoms with Crippen LogP contribution in [-0.4, -0.2) is 12.5 Å².